The highest BCUT2D eigenvalue weighted by Crippen LogP contribution is 2.14. The summed E-state index contributed by atoms with van der Waals surface area (Å²) in [6.45, 7) is 1.87. The fourth-order valence-electron chi connectivity index (χ4n) is 0.917. The van der Waals surface area contributed by atoms with E-state index in [0.717, 1.165) is 5.69 Å². The Morgan fingerprint density at radius 2 is 2.27 bits per heavy atom. The van der Waals surface area contributed by atoms with Gasteiger partial charge >= 0.3 is 0 Å². The molecule has 0 spiro atoms. The van der Waals surface area contributed by atoms with Crippen molar-refractivity contribution >= 4 is 5.82 Å². The summed E-state index contributed by atoms with van der Waals surface area (Å²) in [6, 6.07) is 2.09. The van der Waals surface area contributed by atoms with Crippen LogP contribution in [0, 0.1) is 18.3 Å². The number of aromatic nitrogens is 2. The van der Waals surface area contributed by atoms with Crippen LogP contribution < -0.4 is 5.32 Å². The van der Waals surface area contributed by atoms with E-state index in [0.29, 0.717) is 11.4 Å². The van der Waals surface area contributed by atoms with E-state index in [9.17, 15) is 0 Å². The van der Waals surface area contributed by atoms with Crippen LogP contribution in [0.3, 0.4) is 0 Å². The molecule has 1 aromatic heterocycles. The minimum Gasteiger partial charge on any atom is -0.371 e. The van der Waals surface area contributed by atoms with Crippen LogP contribution in [0.2, 0.25) is 0 Å². The average molecular weight is 150 g/mol. The third-order valence-electron chi connectivity index (χ3n) is 1.68. The molecule has 1 heterocycles. The number of nitriles is 1. The molecule has 0 aliphatic carbocycles. The van der Waals surface area contributed by atoms with E-state index in [2.05, 4.69) is 16.5 Å². The highest BCUT2D eigenvalue weighted by molar-refractivity contribution is 5.53. The standard InChI is InChI=1S/C7H10N4/c1-5-6(4-8)7(9-2)10-11(5)3/h1-3H3,(H,9,10). The lowest BCUT2D eigenvalue weighted by Crippen LogP contribution is -1.93. The molecule has 4 heteroatoms. The summed E-state index contributed by atoms with van der Waals surface area (Å²) in [7, 11) is 3.57. The van der Waals surface area contributed by atoms with Gasteiger partial charge in [-0.25, -0.2) is 0 Å². The summed E-state index contributed by atoms with van der Waals surface area (Å²) in [5.74, 6) is 0.646. The molecule has 0 saturated carbocycles. The van der Waals surface area contributed by atoms with Crippen LogP contribution in [-0.2, 0) is 7.05 Å². The molecular formula is C7H10N4. The van der Waals surface area contributed by atoms with Gasteiger partial charge in [0.2, 0.25) is 0 Å². The van der Waals surface area contributed by atoms with Gasteiger partial charge in [0.25, 0.3) is 0 Å². The van der Waals surface area contributed by atoms with Crippen molar-refractivity contribution in [3.8, 4) is 6.07 Å². The second kappa shape index (κ2) is 2.62. The van der Waals surface area contributed by atoms with Gasteiger partial charge in [0.05, 0.1) is 5.69 Å². The van der Waals surface area contributed by atoms with E-state index < -0.39 is 0 Å². The summed E-state index contributed by atoms with van der Waals surface area (Å²) >= 11 is 0. The molecule has 11 heavy (non-hydrogen) atoms. The van der Waals surface area contributed by atoms with Crippen molar-refractivity contribution in [2.24, 2.45) is 7.05 Å². The Kier molecular flexibility index (Phi) is 1.81. The normalized spacial score (nSPS) is 9.27. The lowest BCUT2D eigenvalue weighted by molar-refractivity contribution is 0.742. The number of hydrogen-bond acceptors (Lipinski definition) is 3. The molecule has 0 bridgehead atoms. The van der Waals surface area contributed by atoms with E-state index in [4.69, 9.17) is 5.26 Å². The number of nitrogens with zero attached hydrogens (tertiary/aromatic N) is 3. The van der Waals surface area contributed by atoms with E-state index in [1.165, 1.54) is 0 Å². The Bertz CT molecular complexity index is 305. The van der Waals surface area contributed by atoms with Gasteiger partial charge in [-0.15, -0.1) is 0 Å². The van der Waals surface area contributed by atoms with Crippen molar-refractivity contribution in [2.45, 2.75) is 6.92 Å². The van der Waals surface area contributed by atoms with Gasteiger partial charge in [0.1, 0.15) is 11.6 Å². The van der Waals surface area contributed by atoms with Crippen molar-refractivity contribution in [1.82, 2.24) is 9.78 Å². The fourth-order valence-corrected chi connectivity index (χ4v) is 0.917. The second-order valence-corrected chi connectivity index (χ2v) is 2.29. The SMILES string of the molecule is CNc1nn(C)c(C)c1C#N. The molecule has 0 amide bonds. The van der Waals surface area contributed by atoms with Gasteiger partial charge in [-0.2, -0.15) is 10.4 Å². The Morgan fingerprint density at radius 1 is 1.64 bits per heavy atom. The topological polar surface area (TPSA) is 53.6 Å². The largest absolute Gasteiger partial charge is 0.371 e. The summed E-state index contributed by atoms with van der Waals surface area (Å²) < 4.78 is 1.68. The minimum absolute atomic E-state index is 0.620. The predicted molar refractivity (Wildman–Crippen MR) is 42.2 cm³/mol. The highest BCUT2D eigenvalue weighted by Gasteiger charge is 2.09. The summed E-state index contributed by atoms with van der Waals surface area (Å²) in [6.07, 6.45) is 0. The molecule has 0 saturated heterocycles. The molecule has 0 unspecified atom stereocenters. The maximum atomic E-state index is 8.70. The Morgan fingerprint density at radius 3 is 2.64 bits per heavy atom. The molecule has 0 aliphatic heterocycles. The molecule has 1 N–H and O–H groups in total. The van der Waals surface area contributed by atoms with E-state index in [1.54, 1.807) is 11.7 Å². The van der Waals surface area contributed by atoms with Crippen molar-refractivity contribution in [3.05, 3.63) is 11.3 Å². The lowest BCUT2D eigenvalue weighted by atomic mass is 10.3. The number of nitrogens with one attached hydrogen (secondary N) is 1. The first kappa shape index (κ1) is 7.61. The van der Waals surface area contributed by atoms with Crippen LogP contribution in [-0.4, -0.2) is 16.8 Å². The molecule has 0 atom stereocenters. The first-order valence-electron chi connectivity index (χ1n) is 3.32. The Hall–Kier alpha value is -1.50. The van der Waals surface area contributed by atoms with Crippen LogP contribution in [0.15, 0.2) is 0 Å². The molecule has 0 fully saturated rings. The molecule has 0 aromatic carbocycles. The van der Waals surface area contributed by atoms with Gasteiger partial charge in [-0.1, -0.05) is 0 Å². The van der Waals surface area contributed by atoms with Crippen LogP contribution in [0.4, 0.5) is 5.82 Å². The van der Waals surface area contributed by atoms with Gasteiger partial charge in [0.15, 0.2) is 5.82 Å². The maximum Gasteiger partial charge on any atom is 0.166 e. The van der Waals surface area contributed by atoms with Gasteiger partial charge < -0.3 is 5.32 Å². The summed E-state index contributed by atoms with van der Waals surface area (Å²) in [5, 5.41) is 15.6. The van der Waals surface area contributed by atoms with E-state index >= 15 is 0 Å². The second-order valence-electron chi connectivity index (χ2n) is 2.29. The molecule has 0 radical (unpaired) electrons. The molecule has 1 aromatic rings. The van der Waals surface area contributed by atoms with E-state index in [-0.39, 0.29) is 0 Å². The van der Waals surface area contributed by atoms with Gasteiger partial charge in [-0.05, 0) is 6.92 Å². The number of hydrogen-bond donors (Lipinski definition) is 1. The number of rotatable bonds is 1. The van der Waals surface area contributed by atoms with Gasteiger partial charge in [-0.3, -0.25) is 4.68 Å². The predicted octanol–water partition coefficient (Wildman–Crippen LogP) is 0.642. The quantitative estimate of drug-likeness (QED) is 0.639. The maximum absolute atomic E-state index is 8.70. The van der Waals surface area contributed by atoms with Gasteiger partial charge in [0, 0.05) is 14.1 Å². The van der Waals surface area contributed by atoms with Crippen molar-refractivity contribution in [1.29, 1.82) is 5.26 Å². The Balaban J connectivity index is 3.29. The zero-order chi connectivity index (χ0) is 8.43. The highest BCUT2D eigenvalue weighted by atomic mass is 15.3. The third-order valence-corrected chi connectivity index (χ3v) is 1.68. The minimum atomic E-state index is 0.620. The van der Waals surface area contributed by atoms with Crippen molar-refractivity contribution in [3.63, 3.8) is 0 Å². The Labute approximate surface area is 65.4 Å². The monoisotopic (exact) mass is 150 g/mol. The zero-order valence-electron chi connectivity index (χ0n) is 6.84. The average Bonchev–Trinajstić information content (AvgIpc) is 2.28. The molecule has 1 rings (SSSR count). The van der Waals surface area contributed by atoms with Crippen LogP contribution in [0.5, 0.6) is 0 Å². The summed E-state index contributed by atoms with van der Waals surface area (Å²) in [5.41, 5.74) is 1.51. The van der Waals surface area contributed by atoms with Crippen LogP contribution in [0.25, 0.3) is 0 Å². The number of anilines is 1. The molecule has 4 nitrogen and oxygen atoms in total. The molecule has 58 valence electrons. The van der Waals surface area contributed by atoms with Crippen molar-refractivity contribution < 1.29 is 0 Å². The van der Waals surface area contributed by atoms with E-state index in [1.807, 2.05) is 14.0 Å². The summed E-state index contributed by atoms with van der Waals surface area (Å²) in [4.78, 5) is 0. The van der Waals surface area contributed by atoms with Crippen LogP contribution >= 0.6 is 0 Å². The molecular weight excluding hydrogens is 140 g/mol. The first-order valence-corrected chi connectivity index (χ1v) is 3.32. The lowest BCUT2D eigenvalue weighted by Gasteiger charge is -1.89. The first-order chi connectivity index (χ1) is 5.20. The molecule has 0 aliphatic rings. The van der Waals surface area contributed by atoms with Crippen molar-refractivity contribution in [2.75, 3.05) is 12.4 Å². The number of aryl methyl sites for hydroxylation is 1. The smallest absolute Gasteiger partial charge is 0.166 e. The third kappa shape index (κ3) is 1.05. The van der Waals surface area contributed by atoms with Crippen LogP contribution in [0.1, 0.15) is 11.3 Å². The zero-order valence-corrected chi connectivity index (χ0v) is 6.84. The fraction of sp³-hybridized carbons (Fsp3) is 0.429.